The molecule has 1 aliphatic heterocycles. The summed E-state index contributed by atoms with van der Waals surface area (Å²) in [6.07, 6.45) is 8.83. The summed E-state index contributed by atoms with van der Waals surface area (Å²) in [6.45, 7) is 6.32. The van der Waals surface area contributed by atoms with Gasteiger partial charge in [-0.2, -0.15) is 0 Å². The van der Waals surface area contributed by atoms with Crippen LogP contribution in [0, 0.1) is 5.92 Å². The molecule has 2 atom stereocenters. The molecule has 0 radical (unpaired) electrons. The molecule has 0 aromatic rings. The Kier molecular flexibility index (Phi) is 5.04. The van der Waals surface area contributed by atoms with Crippen LogP contribution in [0.25, 0.3) is 0 Å². The fraction of sp³-hybridized carbons (Fsp3) is 0.933. The number of carbonyl (C=O) groups excluding carboxylic acids is 1. The Morgan fingerprint density at radius 1 is 1.28 bits per heavy atom. The number of nitrogens with one attached hydrogen (secondary N) is 1. The summed E-state index contributed by atoms with van der Waals surface area (Å²) in [4.78, 5) is 14.5. The van der Waals surface area contributed by atoms with Gasteiger partial charge in [-0.1, -0.05) is 26.2 Å². The molecule has 2 rings (SSSR count). The van der Waals surface area contributed by atoms with Crippen molar-refractivity contribution in [3.8, 4) is 0 Å². The third-order valence-electron chi connectivity index (χ3n) is 4.70. The smallest absolute Gasteiger partial charge is 0.240 e. The zero-order valence-corrected chi connectivity index (χ0v) is 12.0. The molecule has 2 unspecified atom stereocenters. The van der Waals surface area contributed by atoms with E-state index in [0.717, 1.165) is 31.8 Å². The quantitative estimate of drug-likeness (QED) is 0.815. The molecule has 0 aromatic heterocycles. The van der Waals surface area contributed by atoms with E-state index in [1.165, 1.54) is 32.1 Å². The fourth-order valence-corrected chi connectivity index (χ4v) is 3.49. The molecule has 1 heterocycles. The van der Waals surface area contributed by atoms with Crippen molar-refractivity contribution in [2.24, 2.45) is 5.92 Å². The Bertz CT molecular complexity index is 274. The van der Waals surface area contributed by atoms with Crippen molar-refractivity contribution < 1.29 is 4.79 Å². The van der Waals surface area contributed by atoms with E-state index in [1.54, 1.807) is 0 Å². The van der Waals surface area contributed by atoms with Gasteiger partial charge in [-0.15, -0.1) is 0 Å². The number of rotatable bonds is 5. The minimum atomic E-state index is 0.0935. The van der Waals surface area contributed by atoms with Crippen LogP contribution in [0.1, 0.15) is 58.8 Å². The maximum Gasteiger partial charge on any atom is 0.240 e. The van der Waals surface area contributed by atoms with Gasteiger partial charge in [0, 0.05) is 12.6 Å². The van der Waals surface area contributed by atoms with Crippen molar-refractivity contribution in [2.75, 3.05) is 13.1 Å². The molecule has 1 amide bonds. The van der Waals surface area contributed by atoms with Gasteiger partial charge in [0.1, 0.15) is 0 Å². The van der Waals surface area contributed by atoms with Gasteiger partial charge in [0.2, 0.25) is 5.91 Å². The lowest BCUT2D eigenvalue weighted by Gasteiger charge is -2.34. The predicted octanol–water partition coefficient (Wildman–Crippen LogP) is 2.56. The molecular formula is C15H28N2O. The van der Waals surface area contributed by atoms with Gasteiger partial charge in [0.25, 0.3) is 0 Å². The minimum Gasteiger partial charge on any atom is -0.338 e. The first-order valence-corrected chi connectivity index (χ1v) is 7.78. The molecule has 3 heteroatoms. The van der Waals surface area contributed by atoms with Gasteiger partial charge in [-0.05, 0) is 45.1 Å². The summed E-state index contributed by atoms with van der Waals surface area (Å²) in [5.74, 6) is 1.09. The third kappa shape index (κ3) is 3.05. The predicted molar refractivity (Wildman–Crippen MR) is 74.4 cm³/mol. The highest BCUT2D eigenvalue weighted by atomic mass is 16.2. The topological polar surface area (TPSA) is 32.3 Å². The van der Waals surface area contributed by atoms with Crippen LogP contribution < -0.4 is 5.32 Å². The summed E-state index contributed by atoms with van der Waals surface area (Å²) < 4.78 is 0. The lowest BCUT2D eigenvalue weighted by atomic mass is 9.84. The molecule has 1 aliphatic carbocycles. The lowest BCUT2D eigenvalue weighted by Crippen LogP contribution is -2.45. The Hall–Kier alpha value is -0.570. The van der Waals surface area contributed by atoms with E-state index in [2.05, 4.69) is 24.1 Å². The molecule has 0 spiro atoms. The Morgan fingerprint density at radius 3 is 2.67 bits per heavy atom. The molecule has 3 nitrogen and oxygen atoms in total. The monoisotopic (exact) mass is 252 g/mol. The summed E-state index contributed by atoms with van der Waals surface area (Å²) in [6, 6.07) is 0.544. The summed E-state index contributed by atoms with van der Waals surface area (Å²) in [5.41, 5.74) is 0. The van der Waals surface area contributed by atoms with E-state index in [4.69, 9.17) is 0 Å². The number of hydrogen-bond acceptors (Lipinski definition) is 2. The van der Waals surface area contributed by atoms with E-state index in [1.807, 2.05) is 0 Å². The lowest BCUT2D eigenvalue weighted by molar-refractivity contribution is -0.132. The van der Waals surface area contributed by atoms with E-state index in [-0.39, 0.29) is 6.04 Å². The highest BCUT2D eigenvalue weighted by Crippen LogP contribution is 2.30. The second-order valence-electron chi connectivity index (χ2n) is 5.97. The largest absolute Gasteiger partial charge is 0.338 e. The Labute approximate surface area is 111 Å². The maximum absolute atomic E-state index is 12.4. The Balaban J connectivity index is 1.87. The van der Waals surface area contributed by atoms with Crippen LogP contribution in [0.2, 0.25) is 0 Å². The van der Waals surface area contributed by atoms with E-state index in [0.29, 0.717) is 11.9 Å². The SMILES string of the molecule is CCCNC1CCN(C(C)C2CCCCC2)C1=O. The molecular weight excluding hydrogens is 224 g/mol. The van der Waals surface area contributed by atoms with E-state index in [9.17, 15) is 4.79 Å². The molecule has 18 heavy (non-hydrogen) atoms. The molecule has 1 N–H and O–H groups in total. The van der Waals surface area contributed by atoms with Crippen molar-refractivity contribution in [1.82, 2.24) is 10.2 Å². The van der Waals surface area contributed by atoms with E-state index < -0.39 is 0 Å². The molecule has 0 aromatic carbocycles. The number of amides is 1. The van der Waals surface area contributed by atoms with Crippen molar-refractivity contribution >= 4 is 5.91 Å². The van der Waals surface area contributed by atoms with Crippen molar-refractivity contribution in [1.29, 1.82) is 0 Å². The zero-order valence-electron chi connectivity index (χ0n) is 12.0. The first-order chi connectivity index (χ1) is 8.74. The van der Waals surface area contributed by atoms with Crippen molar-refractivity contribution in [3.63, 3.8) is 0 Å². The Morgan fingerprint density at radius 2 is 2.00 bits per heavy atom. The van der Waals surface area contributed by atoms with Crippen LogP contribution in [0.15, 0.2) is 0 Å². The van der Waals surface area contributed by atoms with Crippen LogP contribution in [0.5, 0.6) is 0 Å². The van der Waals surface area contributed by atoms with Crippen molar-refractivity contribution in [3.05, 3.63) is 0 Å². The second-order valence-corrected chi connectivity index (χ2v) is 5.97. The van der Waals surface area contributed by atoms with Crippen LogP contribution >= 0.6 is 0 Å². The van der Waals surface area contributed by atoms with Gasteiger partial charge in [0.15, 0.2) is 0 Å². The average molecular weight is 252 g/mol. The number of carbonyl (C=O) groups is 1. The normalized spacial score (nSPS) is 27.8. The summed E-state index contributed by atoms with van der Waals surface area (Å²) >= 11 is 0. The van der Waals surface area contributed by atoms with Crippen molar-refractivity contribution in [2.45, 2.75) is 70.9 Å². The average Bonchev–Trinajstić information content (AvgIpc) is 2.78. The van der Waals surface area contributed by atoms with Gasteiger partial charge in [-0.3, -0.25) is 4.79 Å². The van der Waals surface area contributed by atoms with Gasteiger partial charge in [-0.25, -0.2) is 0 Å². The molecule has 0 bridgehead atoms. The molecule has 2 fully saturated rings. The molecule has 1 saturated heterocycles. The fourth-order valence-electron chi connectivity index (χ4n) is 3.49. The van der Waals surface area contributed by atoms with Crippen LogP contribution in [0.3, 0.4) is 0 Å². The first-order valence-electron chi connectivity index (χ1n) is 7.78. The highest BCUT2D eigenvalue weighted by molar-refractivity contribution is 5.84. The third-order valence-corrected chi connectivity index (χ3v) is 4.70. The van der Waals surface area contributed by atoms with Gasteiger partial charge in [0.05, 0.1) is 6.04 Å². The second kappa shape index (κ2) is 6.55. The highest BCUT2D eigenvalue weighted by Gasteiger charge is 2.36. The molecule has 104 valence electrons. The first kappa shape index (κ1) is 13.9. The van der Waals surface area contributed by atoms with Gasteiger partial charge >= 0.3 is 0 Å². The van der Waals surface area contributed by atoms with E-state index >= 15 is 0 Å². The number of hydrogen-bond donors (Lipinski definition) is 1. The maximum atomic E-state index is 12.4. The number of nitrogens with zero attached hydrogens (tertiary/aromatic N) is 1. The van der Waals surface area contributed by atoms with Crippen LogP contribution in [-0.2, 0) is 4.79 Å². The zero-order chi connectivity index (χ0) is 13.0. The molecule has 1 saturated carbocycles. The standard InChI is InChI=1S/C15H28N2O/c1-3-10-16-14-9-11-17(15(14)18)12(2)13-7-5-4-6-8-13/h12-14,16H,3-11H2,1-2H3. The van der Waals surface area contributed by atoms with Crippen LogP contribution in [-0.4, -0.2) is 36.0 Å². The summed E-state index contributed by atoms with van der Waals surface area (Å²) in [5, 5.41) is 3.38. The molecule has 2 aliphatic rings. The van der Waals surface area contributed by atoms with Crippen LogP contribution in [0.4, 0.5) is 0 Å². The minimum absolute atomic E-state index is 0.0935. The summed E-state index contributed by atoms with van der Waals surface area (Å²) in [7, 11) is 0. The van der Waals surface area contributed by atoms with Gasteiger partial charge < -0.3 is 10.2 Å². The number of likely N-dealkylation sites (tertiary alicyclic amines) is 1.